The predicted molar refractivity (Wildman–Crippen MR) is 78.7 cm³/mol. The second-order valence-electron chi connectivity index (χ2n) is 5.92. The maximum absolute atomic E-state index is 11.8. The Balaban J connectivity index is 2.29. The van der Waals surface area contributed by atoms with Gasteiger partial charge in [-0.2, -0.15) is 0 Å². The Morgan fingerprint density at radius 2 is 1.50 bits per heavy atom. The maximum atomic E-state index is 11.8. The van der Waals surface area contributed by atoms with E-state index in [1.54, 1.807) is 0 Å². The summed E-state index contributed by atoms with van der Waals surface area (Å²) in [7, 11) is 0. The van der Waals surface area contributed by atoms with Gasteiger partial charge >= 0.3 is 0 Å². The standard InChI is InChI=1S/C17H30O/c1-16-13-11-9-7-5-3-2-4-6-8-10-12-14-17(18)15-16/h9,11,16H,2-8,10,12-15H2,1H3/b11-9+. The second-order valence-corrected chi connectivity index (χ2v) is 5.92. The molecule has 0 spiro atoms. The summed E-state index contributed by atoms with van der Waals surface area (Å²) < 4.78 is 0. The zero-order valence-electron chi connectivity index (χ0n) is 12.1. The van der Waals surface area contributed by atoms with Crippen molar-refractivity contribution in [2.45, 2.75) is 84.0 Å². The molecule has 1 unspecified atom stereocenters. The van der Waals surface area contributed by atoms with Crippen LogP contribution in [0.25, 0.3) is 0 Å². The van der Waals surface area contributed by atoms with E-state index in [0.29, 0.717) is 11.7 Å². The normalized spacial score (nSPS) is 27.8. The van der Waals surface area contributed by atoms with E-state index in [9.17, 15) is 4.79 Å². The number of carbonyl (C=O) groups is 1. The summed E-state index contributed by atoms with van der Waals surface area (Å²) in [6.45, 7) is 2.20. The number of rotatable bonds is 0. The van der Waals surface area contributed by atoms with Crippen LogP contribution in [-0.4, -0.2) is 5.78 Å². The van der Waals surface area contributed by atoms with Gasteiger partial charge in [-0.05, 0) is 31.6 Å². The molecule has 1 nitrogen and oxygen atoms in total. The largest absolute Gasteiger partial charge is 0.300 e. The van der Waals surface area contributed by atoms with E-state index in [2.05, 4.69) is 19.1 Å². The highest BCUT2D eigenvalue weighted by Gasteiger charge is 2.07. The maximum Gasteiger partial charge on any atom is 0.133 e. The number of allylic oxidation sites excluding steroid dienone is 2. The van der Waals surface area contributed by atoms with Gasteiger partial charge in [-0.25, -0.2) is 0 Å². The third-order valence-corrected chi connectivity index (χ3v) is 3.86. The van der Waals surface area contributed by atoms with Gasteiger partial charge in [-0.15, -0.1) is 0 Å². The molecule has 0 aliphatic heterocycles. The van der Waals surface area contributed by atoms with Crippen molar-refractivity contribution in [1.82, 2.24) is 0 Å². The first kappa shape index (κ1) is 15.5. The molecule has 1 heteroatoms. The van der Waals surface area contributed by atoms with Crippen molar-refractivity contribution in [3.05, 3.63) is 12.2 Å². The quantitative estimate of drug-likeness (QED) is 0.523. The monoisotopic (exact) mass is 250 g/mol. The first-order valence-electron chi connectivity index (χ1n) is 7.95. The third-order valence-electron chi connectivity index (χ3n) is 3.86. The number of ketones is 1. The van der Waals surface area contributed by atoms with E-state index in [-0.39, 0.29) is 0 Å². The van der Waals surface area contributed by atoms with E-state index in [1.165, 1.54) is 51.4 Å². The van der Waals surface area contributed by atoms with Crippen LogP contribution in [-0.2, 0) is 4.79 Å². The van der Waals surface area contributed by atoms with Crippen molar-refractivity contribution in [1.29, 1.82) is 0 Å². The highest BCUT2D eigenvalue weighted by atomic mass is 16.1. The Morgan fingerprint density at radius 3 is 2.22 bits per heavy atom. The number of carbonyl (C=O) groups excluding carboxylic acids is 1. The summed E-state index contributed by atoms with van der Waals surface area (Å²) >= 11 is 0. The topological polar surface area (TPSA) is 17.1 Å². The highest BCUT2D eigenvalue weighted by Crippen LogP contribution is 2.15. The smallest absolute Gasteiger partial charge is 0.133 e. The van der Waals surface area contributed by atoms with Gasteiger partial charge < -0.3 is 0 Å². The van der Waals surface area contributed by atoms with Gasteiger partial charge in [0, 0.05) is 12.8 Å². The van der Waals surface area contributed by atoms with Crippen LogP contribution in [0.15, 0.2) is 12.2 Å². The van der Waals surface area contributed by atoms with Crippen molar-refractivity contribution in [2.75, 3.05) is 0 Å². The lowest BCUT2D eigenvalue weighted by Gasteiger charge is -2.08. The molecule has 18 heavy (non-hydrogen) atoms. The van der Waals surface area contributed by atoms with Crippen LogP contribution in [0, 0.1) is 5.92 Å². The summed E-state index contributed by atoms with van der Waals surface area (Å²) in [5, 5.41) is 0. The highest BCUT2D eigenvalue weighted by molar-refractivity contribution is 5.78. The Labute approximate surface area is 113 Å². The molecule has 0 aromatic heterocycles. The van der Waals surface area contributed by atoms with Crippen LogP contribution in [0.1, 0.15) is 84.0 Å². The summed E-state index contributed by atoms with van der Waals surface area (Å²) in [5.41, 5.74) is 0. The minimum atomic E-state index is 0.475. The van der Waals surface area contributed by atoms with E-state index in [0.717, 1.165) is 25.7 Å². The van der Waals surface area contributed by atoms with Gasteiger partial charge in [-0.3, -0.25) is 4.79 Å². The third kappa shape index (κ3) is 8.49. The van der Waals surface area contributed by atoms with E-state index in [1.807, 2.05) is 0 Å². The molecule has 0 heterocycles. The van der Waals surface area contributed by atoms with Crippen LogP contribution in [0.4, 0.5) is 0 Å². The zero-order valence-corrected chi connectivity index (χ0v) is 12.1. The molecule has 0 fully saturated rings. The van der Waals surface area contributed by atoms with Crippen LogP contribution in [0.5, 0.6) is 0 Å². The minimum absolute atomic E-state index is 0.475. The van der Waals surface area contributed by atoms with Crippen LogP contribution < -0.4 is 0 Å². The van der Waals surface area contributed by atoms with Crippen molar-refractivity contribution in [2.24, 2.45) is 5.92 Å². The molecule has 0 aromatic rings. The van der Waals surface area contributed by atoms with E-state index < -0.39 is 0 Å². The fourth-order valence-electron chi connectivity index (χ4n) is 2.67. The van der Waals surface area contributed by atoms with Gasteiger partial charge in [0.15, 0.2) is 0 Å². The van der Waals surface area contributed by atoms with Crippen LogP contribution in [0.2, 0.25) is 0 Å². The number of Topliss-reactive ketones (excluding diaryl/α,β-unsaturated/α-hetero) is 1. The molecule has 1 aliphatic rings. The first-order valence-corrected chi connectivity index (χ1v) is 7.95. The SMILES string of the molecule is CC1C/C=C/CCCCCCCCCCC(=O)C1. The second kappa shape index (κ2) is 10.3. The lowest BCUT2D eigenvalue weighted by molar-refractivity contribution is -0.119. The average molecular weight is 250 g/mol. The van der Waals surface area contributed by atoms with E-state index >= 15 is 0 Å². The molecule has 0 radical (unpaired) electrons. The molecule has 104 valence electrons. The summed E-state index contributed by atoms with van der Waals surface area (Å²) in [6, 6.07) is 0. The summed E-state index contributed by atoms with van der Waals surface area (Å²) in [5.74, 6) is 1.00. The lowest BCUT2D eigenvalue weighted by Crippen LogP contribution is -2.04. The Bertz CT molecular complexity index is 242. The molecule has 0 N–H and O–H groups in total. The fourth-order valence-corrected chi connectivity index (χ4v) is 2.67. The van der Waals surface area contributed by atoms with Crippen LogP contribution >= 0.6 is 0 Å². The van der Waals surface area contributed by atoms with Gasteiger partial charge in [-0.1, -0.05) is 57.6 Å². The van der Waals surface area contributed by atoms with Crippen LogP contribution in [0.3, 0.4) is 0 Å². The molecule has 0 aromatic carbocycles. The van der Waals surface area contributed by atoms with Crippen molar-refractivity contribution in [3.8, 4) is 0 Å². The molecular weight excluding hydrogens is 220 g/mol. The van der Waals surface area contributed by atoms with Gasteiger partial charge in [0.05, 0.1) is 0 Å². The number of hydrogen-bond acceptors (Lipinski definition) is 1. The van der Waals surface area contributed by atoms with Crippen molar-refractivity contribution >= 4 is 5.78 Å². The molecular formula is C17H30O. The predicted octanol–water partition coefficient (Wildman–Crippen LogP) is 5.44. The molecule has 1 rings (SSSR count). The first-order chi connectivity index (χ1) is 8.79. The van der Waals surface area contributed by atoms with Gasteiger partial charge in [0.1, 0.15) is 5.78 Å². The number of hydrogen-bond donors (Lipinski definition) is 0. The summed E-state index contributed by atoms with van der Waals surface area (Å²) in [4.78, 5) is 11.8. The van der Waals surface area contributed by atoms with Gasteiger partial charge in [0.2, 0.25) is 0 Å². The zero-order chi connectivity index (χ0) is 13.1. The molecule has 1 atom stereocenters. The Morgan fingerprint density at radius 1 is 0.889 bits per heavy atom. The molecule has 1 aliphatic carbocycles. The fraction of sp³-hybridized carbons (Fsp3) is 0.824. The minimum Gasteiger partial charge on any atom is -0.300 e. The summed E-state index contributed by atoms with van der Waals surface area (Å²) in [6.07, 6.45) is 19.0. The average Bonchev–Trinajstić information content (AvgIpc) is 2.33. The van der Waals surface area contributed by atoms with E-state index in [4.69, 9.17) is 0 Å². The molecule has 0 amide bonds. The lowest BCUT2D eigenvalue weighted by atomic mass is 9.97. The van der Waals surface area contributed by atoms with Crippen molar-refractivity contribution in [3.63, 3.8) is 0 Å². The molecule has 0 bridgehead atoms. The molecule has 0 saturated heterocycles. The molecule has 0 saturated carbocycles. The Hall–Kier alpha value is -0.590. The van der Waals surface area contributed by atoms with Gasteiger partial charge in [0.25, 0.3) is 0 Å². The van der Waals surface area contributed by atoms with Crippen molar-refractivity contribution < 1.29 is 4.79 Å². The Kier molecular flexibility index (Phi) is 8.89.